The summed E-state index contributed by atoms with van der Waals surface area (Å²) in [5.74, 6) is 0.857. The van der Waals surface area contributed by atoms with Gasteiger partial charge in [0.25, 0.3) is 0 Å². The van der Waals surface area contributed by atoms with Crippen molar-refractivity contribution in [1.82, 2.24) is 5.32 Å². The second-order valence-corrected chi connectivity index (χ2v) is 8.05. The Kier molecular flexibility index (Phi) is 5.46. The third-order valence-corrected chi connectivity index (χ3v) is 6.54. The second-order valence-electron chi connectivity index (χ2n) is 5.81. The third-order valence-electron chi connectivity index (χ3n) is 4.15. The minimum Gasteiger partial charge on any atom is -0.466 e. The molecule has 6 heteroatoms. The van der Waals surface area contributed by atoms with Crippen LogP contribution < -0.4 is 5.32 Å². The molecule has 0 spiro atoms. The fraction of sp³-hybridized carbons (Fsp3) is 0.471. The van der Waals surface area contributed by atoms with E-state index in [0.29, 0.717) is 16.8 Å². The summed E-state index contributed by atoms with van der Waals surface area (Å²) in [5.41, 5.74) is -1.31. The van der Waals surface area contributed by atoms with Crippen LogP contribution in [-0.4, -0.2) is 28.6 Å². The number of carbonyl (C=O) groups excluding carboxylic acids is 1. The predicted octanol–water partition coefficient (Wildman–Crippen LogP) is 3.37. The van der Waals surface area contributed by atoms with Crippen molar-refractivity contribution >= 4 is 29.0 Å². The van der Waals surface area contributed by atoms with E-state index >= 15 is 0 Å². The van der Waals surface area contributed by atoms with Crippen molar-refractivity contribution < 1.29 is 14.3 Å². The third kappa shape index (κ3) is 4.00. The van der Waals surface area contributed by atoms with Gasteiger partial charge in [-0.05, 0) is 36.4 Å². The highest BCUT2D eigenvalue weighted by molar-refractivity contribution is 8.00. The lowest BCUT2D eigenvalue weighted by atomic mass is 9.98. The molecule has 4 nitrogen and oxygen atoms in total. The Morgan fingerprint density at radius 3 is 2.87 bits per heavy atom. The molecule has 1 saturated carbocycles. The van der Waals surface area contributed by atoms with Crippen LogP contribution in [0.2, 0.25) is 0 Å². The summed E-state index contributed by atoms with van der Waals surface area (Å²) < 4.78 is 5.40. The normalized spacial score (nSPS) is 18.0. The summed E-state index contributed by atoms with van der Waals surface area (Å²) in [5, 5.41) is 16.4. The van der Waals surface area contributed by atoms with Gasteiger partial charge in [0.05, 0.1) is 18.6 Å². The predicted molar refractivity (Wildman–Crippen MR) is 93.7 cm³/mol. The van der Waals surface area contributed by atoms with E-state index in [-0.39, 0.29) is 12.5 Å². The molecule has 0 bridgehead atoms. The molecular weight excluding hydrogens is 330 g/mol. The molecule has 2 aromatic heterocycles. The summed E-state index contributed by atoms with van der Waals surface area (Å²) in [6.07, 6.45) is 6.50. The van der Waals surface area contributed by atoms with Gasteiger partial charge in [-0.1, -0.05) is 18.9 Å². The number of thiophene rings is 1. The van der Waals surface area contributed by atoms with Crippen molar-refractivity contribution in [3.63, 3.8) is 0 Å². The van der Waals surface area contributed by atoms with Crippen molar-refractivity contribution in [3.8, 4) is 0 Å². The molecule has 23 heavy (non-hydrogen) atoms. The Morgan fingerprint density at radius 2 is 2.22 bits per heavy atom. The smallest absolute Gasteiger partial charge is 0.230 e. The Bertz CT molecular complexity index is 570. The van der Waals surface area contributed by atoms with Crippen LogP contribution in [-0.2, 0) is 10.4 Å². The van der Waals surface area contributed by atoms with E-state index in [1.54, 1.807) is 23.9 Å². The number of amides is 1. The largest absolute Gasteiger partial charge is 0.466 e. The fourth-order valence-corrected chi connectivity index (χ4v) is 4.83. The van der Waals surface area contributed by atoms with Crippen LogP contribution in [0, 0.1) is 0 Å². The maximum absolute atomic E-state index is 12.1. The molecule has 124 valence electrons. The molecular formula is C17H21NO3S2. The first-order valence-electron chi connectivity index (χ1n) is 7.87. The topological polar surface area (TPSA) is 62.5 Å². The Morgan fingerprint density at radius 1 is 1.39 bits per heavy atom. The zero-order valence-corrected chi connectivity index (χ0v) is 14.5. The second kappa shape index (κ2) is 7.55. The zero-order chi connectivity index (χ0) is 16.1. The van der Waals surface area contributed by atoms with Gasteiger partial charge in [0, 0.05) is 10.1 Å². The van der Waals surface area contributed by atoms with Crippen LogP contribution in [0.15, 0.2) is 40.3 Å². The minimum absolute atomic E-state index is 0.0385. The van der Waals surface area contributed by atoms with Gasteiger partial charge in [0.2, 0.25) is 5.91 Å². The molecule has 1 aliphatic rings. The number of furan rings is 1. The fourth-order valence-electron chi connectivity index (χ4n) is 2.85. The average molecular weight is 351 g/mol. The van der Waals surface area contributed by atoms with Gasteiger partial charge in [0.15, 0.2) is 5.60 Å². The quantitative estimate of drug-likeness (QED) is 0.803. The van der Waals surface area contributed by atoms with Crippen LogP contribution in [0.4, 0.5) is 0 Å². The summed E-state index contributed by atoms with van der Waals surface area (Å²) in [4.78, 5) is 12.9. The molecule has 1 amide bonds. The number of thioether (sulfide) groups is 1. The van der Waals surface area contributed by atoms with Gasteiger partial charge in [0.1, 0.15) is 5.76 Å². The number of nitrogens with one attached hydrogen (secondary N) is 1. The van der Waals surface area contributed by atoms with Crippen LogP contribution in [0.5, 0.6) is 0 Å². The molecule has 1 fully saturated rings. The number of aliphatic hydroxyl groups is 1. The van der Waals surface area contributed by atoms with Crippen molar-refractivity contribution in [1.29, 1.82) is 0 Å². The molecule has 3 rings (SSSR count). The van der Waals surface area contributed by atoms with E-state index in [1.807, 2.05) is 17.5 Å². The maximum Gasteiger partial charge on any atom is 0.230 e. The molecule has 0 radical (unpaired) electrons. The van der Waals surface area contributed by atoms with Crippen LogP contribution in [0.3, 0.4) is 0 Å². The highest BCUT2D eigenvalue weighted by atomic mass is 32.2. The van der Waals surface area contributed by atoms with E-state index in [0.717, 1.165) is 4.88 Å². The molecule has 2 aromatic rings. The van der Waals surface area contributed by atoms with Gasteiger partial charge in [-0.3, -0.25) is 4.79 Å². The molecule has 1 atom stereocenters. The number of hydrogen-bond acceptors (Lipinski definition) is 5. The summed E-state index contributed by atoms with van der Waals surface area (Å²) in [6, 6.07) is 7.21. The summed E-state index contributed by atoms with van der Waals surface area (Å²) in [6.45, 7) is 0.116. The molecule has 2 N–H and O–H groups in total. The van der Waals surface area contributed by atoms with Gasteiger partial charge in [-0.15, -0.1) is 23.1 Å². The van der Waals surface area contributed by atoms with Crippen molar-refractivity contribution in [2.24, 2.45) is 0 Å². The Labute approximate surface area is 144 Å². The minimum atomic E-state index is -1.31. The molecule has 2 heterocycles. The number of hydrogen-bond donors (Lipinski definition) is 2. The Balaban J connectivity index is 1.60. The molecule has 0 saturated heterocycles. The van der Waals surface area contributed by atoms with Crippen molar-refractivity contribution in [3.05, 3.63) is 46.5 Å². The average Bonchev–Trinajstić information content (AvgIpc) is 3.33. The maximum atomic E-state index is 12.1. The highest BCUT2D eigenvalue weighted by Gasteiger charge is 2.36. The highest BCUT2D eigenvalue weighted by Crippen LogP contribution is 2.33. The van der Waals surface area contributed by atoms with E-state index in [9.17, 15) is 9.90 Å². The monoisotopic (exact) mass is 351 g/mol. The number of carbonyl (C=O) groups is 1. The first-order valence-corrected chi connectivity index (χ1v) is 9.80. The summed E-state index contributed by atoms with van der Waals surface area (Å²) >= 11 is 3.17. The zero-order valence-electron chi connectivity index (χ0n) is 12.9. The van der Waals surface area contributed by atoms with Gasteiger partial charge >= 0.3 is 0 Å². The molecule has 1 aliphatic carbocycles. The standard InChI is InChI=1S/C17H21NO3S2/c19-16(11-23-13-5-1-2-6-13)18-12-17(20,14-7-3-9-21-14)15-8-4-10-22-15/h3-4,7-10,13,20H,1-2,5-6,11-12H2,(H,18,19). The lowest BCUT2D eigenvalue weighted by molar-refractivity contribution is -0.119. The molecule has 0 aliphatic heterocycles. The van der Waals surface area contributed by atoms with E-state index < -0.39 is 5.60 Å². The summed E-state index contributed by atoms with van der Waals surface area (Å²) in [7, 11) is 0. The van der Waals surface area contributed by atoms with E-state index in [2.05, 4.69) is 5.32 Å². The number of rotatable bonds is 7. The van der Waals surface area contributed by atoms with Crippen LogP contribution in [0.25, 0.3) is 0 Å². The molecule has 1 unspecified atom stereocenters. The van der Waals surface area contributed by atoms with Gasteiger partial charge in [-0.2, -0.15) is 0 Å². The van der Waals surface area contributed by atoms with Crippen LogP contribution >= 0.6 is 23.1 Å². The first-order chi connectivity index (χ1) is 11.2. The van der Waals surface area contributed by atoms with Gasteiger partial charge in [-0.25, -0.2) is 0 Å². The van der Waals surface area contributed by atoms with Crippen molar-refractivity contribution in [2.75, 3.05) is 12.3 Å². The molecule has 0 aromatic carbocycles. The SMILES string of the molecule is O=C(CSC1CCCC1)NCC(O)(c1ccco1)c1cccs1. The lowest BCUT2D eigenvalue weighted by Gasteiger charge is -2.25. The first kappa shape index (κ1) is 16.6. The van der Waals surface area contributed by atoms with E-state index in [4.69, 9.17) is 4.42 Å². The Hall–Kier alpha value is -1.24. The van der Waals surface area contributed by atoms with Gasteiger partial charge < -0.3 is 14.8 Å². The lowest BCUT2D eigenvalue weighted by Crippen LogP contribution is -2.41. The van der Waals surface area contributed by atoms with E-state index in [1.165, 1.54) is 43.3 Å². The van der Waals surface area contributed by atoms with Crippen molar-refractivity contribution in [2.45, 2.75) is 36.5 Å². The van der Waals surface area contributed by atoms with Crippen LogP contribution in [0.1, 0.15) is 36.3 Å².